The first-order valence-corrected chi connectivity index (χ1v) is 12.6. The minimum absolute atomic E-state index is 0.510. The summed E-state index contributed by atoms with van der Waals surface area (Å²) in [6.45, 7) is 4.36. The van der Waals surface area contributed by atoms with Gasteiger partial charge in [0.05, 0.1) is 0 Å². The molecule has 0 radical (unpaired) electrons. The Morgan fingerprint density at radius 1 is 0.811 bits per heavy atom. The van der Waals surface area contributed by atoms with E-state index in [-0.39, 0.29) is 0 Å². The molecule has 0 aliphatic carbocycles. The van der Waals surface area contributed by atoms with Crippen molar-refractivity contribution in [3.8, 4) is 28.3 Å². The maximum atomic E-state index is 6.22. The van der Waals surface area contributed by atoms with Crippen molar-refractivity contribution in [2.24, 2.45) is 0 Å². The number of rotatable bonds is 11. The first-order chi connectivity index (χ1) is 18.3. The van der Waals surface area contributed by atoms with Crippen LogP contribution in [0.5, 0.6) is 5.75 Å². The number of benzene rings is 3. The van der Waals surface area contributed by atoms with Gasteiger partial charge in [-0.1, -0.05) is 92.2 Å². The second-order valence-electron chi connectivity index (χ2n) is 8.87. The highest BCUT2D eigenvalue weighted by atomic mass is 16.5. The van der Waals surface area contributed by atoms with Crippen LogP contribution in [0, 0.1) is 0 Å². The molecule has 2 heterocycles. The van der Waals surface area contributed by atoms with Crippen molar-refractivity contribution in [2.45, 2.75) is 32.9 Å². The lowest BCUT2D eigenvalue weighted by atomic mass is 9.98. The summed E-state index contributed by atoms with van der Waals surface area (Å²) < 4.78 is 6.22. The van der Waals surface area contributed by atoms with Crippen molar-refractivity contribution < 1.29 is 4.74 Å². The lowest BCUT2D eigenvalue weighted by Gasteiger charge is -2.26. The molecule has 0 amide bonds. The summed E-state index contributed by atoms with van der Waals surface area (Å²) in [6, 6.07) is 30.9. The van der Waals surface area contributed by atoms with Gasteiger partial charge >= 0.3 is 0 Å². The third-order valence-electron chi connectivity index (χ3n) is 6.24. The van der Waals surface area contributed by atoms with Crippen LogP contribution in [0.25, 0.3) is 22.5 Å². The summed E-state index contributed by atoms with van der Waals surface area (Å²) in [5.41, 5.74) is 5.50. The van der Waals surface area contributed by atoms with Gasteiger partial charge in [-0.25, -0.2) is 10.1 Å². The SMILES string of the molecule is CCCCN(Cc1ccc(-c2ccccc2-c2nnn[nH]2)cc1)c1ncccc1OCc1ccccc1. The van der Waals surface area contributed by atoms with E-state index in [0.717, 1.165) is 59.8 Å². The van der Waals surface area contributed by atoms with Crippen molar-refractivity contribution in [1.29, 1.82) is 0 Å². The molecular formula is C30H30N6O. The number of hydrogen-bond donors (Lipinski definition) is 1. The summed E-state index contributed by atoms with van der Waals surface area (Å²) in [6.07, 6.45) is 4.02. The minimum Gasteiger partial charge on any atom is -0.485 e. The molecule has 5 rings (SSSR count). The fraction of sp³-hybridized carbons (Fsp3) is 0.200. The number of unbranched alkanes of at least 4 members (excludes halogenated alkanes) is 1. The van der Waals surface area contributed by atoms with E-state index in [9.17, 15) is 0 Å². The van der Waals surface area contributed by atoms with Gasteiger partial charge in [-0.05, 0) is 51.2 Å². The standard InChI is InChI=1S/C30H30N6O/c1-2-3-20-36(30-28(14-9-19-31-30)37-22-24-10-5-4-6-11-24)21-23-15-17-25(18-16-23)26-12-7-8-13-27(26)29-32-34-35-33-29/h4-19H,2-3,20-22H2,1H3,(H,32,33,34,35). The number of hydrogen-bond acceptors (Lipinski definition) is 6. The molecule has 0 spiro atoms. The molecular weight excluding hydrogens is 460 g/mol. The lowest BCUT2D eigenvalue weighted by Crippen LogP contribution is -2.25. The van der Waals surface area contributed by atoms with Crippen LogP contribution in [0.2, 0.25) is 0 Å². The summed E-state index contributed by atoms with van der Waals surface area (Å²) >= 11 is 0. The fourth-order valence-corrected chi connectivity index (χ4v) is 4.30. The Labute approximate surface area is 217 Å². The van der Waals surface area contributed by atoms with Crippen LogP contribution in [0.1, 0.15) is 30.9 Å². The Bertz CT molecular complexity index is 1390. The van der Waals surface area contributed by atoms with Crippen LogP contribution in [0.3, 0.4) is 0 Å². The van der Waals surface area contributed by atoms with Crippen molar-refractivity contribution in [3.05, 3.63) is 108 Å². The highest BCUT2D eigenvalue weighted by Crippen LogP contribution is 2.31. The van der Waals surface area contributed by atoms with Crippen molar-refractivity contribution in [1.82, 2.24) is 25.6 Å². The average molecular weight is 491 g/mol. The number of tetrazole rings is 1. The Kier molecular flexibility index (Phi) is 7.81. The number of ether oxygens (including phenoxy) is 1. The summed E-state index contributed by atoms with van der Waals surface area (Å²) in [7, 11) is 0. The van der Waals surface area contributed by atoms with Crippen molar-refractivity contribution in [3.63, 3.8) is 0 Å². The number of aromatic amines is 1. The van der Waals surface area contributed by atoms with Crippen LogP contribution in [-0.2, 0) is 13.2 Å². The predicted molar refractivity (Wildman–Crippen MR) is 146 cm³/mol. The van der Waals surface area contributed by atoms with Crippen molar-refractivity contribution in [2.75, 3.05) is 11.4 Å². The van der Waals surface area contributed by atoms with E-state index >= 15 is 0 Å². The molecule has 0 saturated carbocycles. The number of nitrogens with zero attached hydrogens (tertiary/aromatic N) is 5. The van der Waals surface area contributed by atoms with E-state index in [2.05, 4.69) is 74.9 Å². The van der Waals surface area contributed by atoms with Crippen LogP contribution in [-0.4, -0.2) is 32.2 Å². The molecule has 1 N–H and O–H groups in total. The second-order valence-corrected chi connectivity index (χ2v) is 8.87. The smallest absolute Gasteiger partial charge is 0.180 e. The van der Waals surface area contributed by atoms with E-state index in [4.69, 9.17) is 9.72 Å². The zero-order valence-electron chi connectivity index (χ0n) is 20.9. The molecule has 0 aliphatic rings. The molecule has 0 fully saturated rings. The molecule has 7 heteroatoms. The van der Waals surface area contributed by atoms with E-state index in [1.54, 1.807) is 0 Å². The maximum absolute atomic E-state index is 6.22. The minimum atomic E-state index is 0.510. The number of H-pyrrole nitrogens is 1. The normalized spacial score (nSPS) is 10.8. The highest BCUT2D eigenvalue weighted by molar-refractivity contribution is 5.80. The Morgan fingerprint density at radius 2 is 1.59 bits per heavy atom. The number of nitrogens with one attached hydrogen (secondary N) is 1. The van der Waals surface area contributed by atoms with Gasteiger partial charge in [-0.3, -0.25) is 0 Å². The largest absolute Gasteiger partial charge is 0.485 e. The monoisotopic (exact) mass is 490 g/mol. The van der Waals surface area contributed by atoms with Crippen molar-refractivity contribution >= 4 is 5.82 Å². The number of anilines is 1. The Morgan fingerprint density at radius 3 is 2.35 bits per heavy atom. The van der Waals surface area contributed by atoms with Gasteiger partial charge in [-0.15, -0.1) is 5.10 Å². The molecule has 3 aromatic carbocycles. The topological polar surface area (TPSA) is 79.8 Å². The summed E-state index contributed by atoms with van der Waals surface area (Å²) in [5, 5.41) is 14.4. The number of aromatic nitrogens is 5. The van der Waals surface area contributed by atoms with Gasteiger partial charge in [0, 0.05) is 24.8 Å². The molecule has 0 bridgehead atoms. The molecule has 0 atom stereocenters. The van der Waals surface area contributed by atoms with Gasteiger partial charge in [-0.2, -0.15) is 0 Å². The Hall–Kier alpha value is -4.52. The first kappa shape index (κ1) is 24.2. The quantitative estimate of drug-likeness (QED) is 0.234. The molecule has 0 unspecified atom stereocenters. The zero-order chi connectivity index (χ0) is 25.3. The maximum Gasteiger partial charge on any atom is 0.180 e. The molecule has 0 aliphatic heterocycles. The summed E-state index contributed by atoms with van der Waals surface area (Å²) in [4.78, 5) is 7.04. The van der Waals surface area contributed by atoms with Gasteiger partial charge in [0.1, 0.15) is 6.61 Å². The van der Waals surface area contributed by atoms with Crippen LogP contribution in [0.15, 0.2) is 97.2 Å². The third kappa shape index (κ3) is 6.01. The molecule has 2 aromatic heterocycles. The van der Waals surface area contributed by atoms with Crippen LogP contribution in [0.4, 0.5) is 5.82 Å². The third-order valence-corrected chi connectivity index (χ3v) is 6.24. The highest BCUT2D eigenvalue weighted by Gasteiger charge is 2.15. The first-order valence-electron chi connectivity index (χ1n) is 12.6. The lowest BCUT2D eigenvalue weighted by molar-refractivity contribution is 0.305. The van der Waals surface area contributed by atoms with E-state index < -0.39 is 0 Å². The Balaban J connectivity index is 1.36. The average Bonchev–Trinajstić information content (AvgIpc) is 3.50. The predicted octanol–water partition coefficient (Wildman–Crippen LogP) is 6.31. The van der Waals surface area contributed by atoms with E-state index in [0.29, 0.717) is 12.4 Å². The van der Waals surface area contributed by atoms with Gasteiger partial charge < -0.3 is 9.64 Å². The second kappa shape index (κ2) is 11.9. The van der Waals surface area contributed by atoms with Crippen LogP contribution < -0.4 is 9.64 Å². The van der Waals surface area contributed by atoms with Gasteiger partial charge in [0.25, 0.3) is 0 Å². The number of pyridine rings is 1. The molecule has 186 valence electrons. The van der Waals surface area contributed by atoms with Crippen LogP contribution >= 0.6 is 0 Å². The zero-order valence-corrected chi connectivity index (χ0v) is 20.9. The van der Waals surface area contributed by atoms with Gasteiger partial charge in [0.15, 0.2) is 17.4 Å². The summed E-state index contributed by atoms with van der Waals surface area (Å²) in [5.74, 6) is 2.33. The molecule has 5 aromatic rings. The fourth-order valence-electron chi connectivity index (χ4n) is 4.30. The molecule has 7 nitrogen and oxygen atoms in total. The molecule has 37 heavy (non-hydrogen) atoms. The molecule has 0 saturated heterocycles. The van der Waals surface area contributed by atoms with E-state index in [1.807, 2.05) is 54.7 Å². The van der Waals surface area contributed by atoms with Gasteiger partial charge in [0.2, 0.25) is 0 Å². The van der Waals surface area contributed by atoms with E-state index in [1.165, 1.54) is 5.56 Å².